The molecule has 3 aromatic rings. The van der Waals surface area contributed by atoms with E-state index in [9.17, 15) is 0 Å². The molecule has 0 amide bonds. The number of aromatic amines is 1. The fourth-order valence-corrected chi connectivity index (χ4v) is 3.03. The molecule has 0 aliphatic rings. The zero-order valence-corrected chi connectivity index (χ0v) is 11.5. The molecule has 0 saturated carbocycles. The van der Waals surface area contributed by atoms with Crippen molar-refractivity contribution in [3.8, 4) is 0 Å². The molecule has 0 bridgehead atoms. The van der Waals surface area contributed by atoms with E-state index in [0.717, 1.165) is 9.17 Å². The number of nitrogens with one attached hydrogen (secondary N) is 2. The van der Waals surface area contributed by atoms with Gasteiger partial charge in [0.25, 0.3) is 0 Å². The summed E-state index contributed by atoms with van der Waals surface area (Å²) in [5.74, 6) is 0.914. The number of nitrogens with zero attached hydrogens (tertiary/aromatic N) is 3. The van der Waals surface area contributed by atoms with Gasteiger partial charge < -0.3 is 11.1 Å². The van der Waals surface area contributed by atoms with E-state index in [0.29, 0.717) is 18.0 Å². The summed E-state index contributed by atoms with van der Waals surface area (Å²) < 4.78 is 1.11. The Hall–Kier alpha value is -1.67. The number of fused-ring (bicyclic) bond motifs is 1. The molecule has 0 radical (unpaired) electrons. The predicted octanol–water partition coefficient (Wildman–Crippen LogP) is 2.37. The molecule has 0 atom stereocenters. The second-order valence-corrected chi connectivity index (χ2v) is 6.17. The predicted molar refractivity (Wildman–Crippen MR) is 75.4 cm³/mol. The average Bonchev–Trinajstić information content (AvgIpc) is 2.94. The number of nitrogen functional groups attached to an aromatic ring is 1. The van der Waals surface area contributed by atoms with E-state index in [1.54, 1.807) is 17.5 Å². The van der Waals surface area contributed by atoms with Crippen molar-refractivity contribution in [3.63, 3.8) is 0 Å². The first-order valence-corrected chi connectivity index (χ1v) is 6.78. The van der Waals surface area contributed by atoms with Crippen LogP contribution in [0.25, 0.3) is 11.0 Å². The molecule has 3 heterocycles. The van der Waals surface area contributed by atoms with Gasteiger partial charge in [0.15, 0.2) is 5.65 Å². The van der Waals surface area contributed by atoms with Crippen LogP contribution in [0.5, 0.6) is 0 Å². The highest BCUT2D eigenvalue weighted by Crippen LogP contribution is 2.24. The Morgan fingerprint density at radius 2 is 2.28 bits per heavy atom. The van der Waals surface area contributed by atoms with Crippen LogP contribution in [0.15, 0.2) is 22.1 Å². The molecule has 92 valence electrons. The zero-order chi connectivity index (χ0) is 12.5. The average molecular weight is 325 g/mol. The zero-order valence-electron chi connectivity index (χ0n) is 9.14. The van der Waals surface area contributed by atoms with Crippen LogP contribution in [0, 0.1) is 0 Å². The molecule has 4 N–H and O–H groups in total. The minimum atomic E-state index is 0.224. The number of thiophene rings is 1. The van der Waals surface area contributed by atoms with Gasteiger partial charge in [-0.15, -0.1) is 11.3 Å². The van der Waals surface area contributed by atoms with Gasteiger partial charge in [-0.25, -0.2) is 0 Å². The first-order valence-electron chi connectivity index (χ1n) is 5.17. The number of rotatable bonds is 3. The van der Waals surface area contributed by atoms with Crippen LogP contribution in [0.3, 0.4) is 0 Å². The van der Waals surface area contributed by atoms with Gasteiger partial charge in [0, 0.05) is 4.88 Å². The lowest BCUT2D eigenvalue weighted by Gasteiger charge is -2.05. The van der Waals surface area contributed by atoms with Crippen LogP contribution in [0.1, 0.15) is 4.88 Å². The topological polar surface area (TPSA) is 92.5 Å². The Morgan fingerprint density at radius 3 is 3.06 bits per heavy atom. The van der Waals surface area contributed by atoms with E-state index >= 15 is 0 Å². The van der Waals surface area contributed by atoms with Crippen LogP contribution in [-0.4, -0.2) is 20.2 Å². The minimum Gasteiger partial charge on any atom is -0.368 e. The van der Waals surface area contributed by atoms with Gasteiger partial charge in [-0.1, -0.05) is 0 Å². The minimum absolute atomic E-state index is 0.224. The third-order valence-electron chi connectivity index (χ3n) is 2.39. The Kier molecular flexibility index (Phi) is 2.88. The first kappa shape index (κ1) is 11.4. The van der Waals surface area contributed by atoms with Gasteiger partial charge in [-0.05, 0) is 28.1 Å². The molecular weight excluding hydrogens is 316 g/mol. The molecule has 0 aliphatic heterocycles. The van der Waals surface area contributed by atoms with Crippen molar-refractivity contribution >= 4 is 50.1 Å². The normalized spacial score (nSPS) is 10.9. The molecule has 0 aromatic carbocycles. The summed E-state index contributed by atoms with van der Waals surface area (Å²) in [6.07, 6.45) is 1.68. The maximum Gasteiger partial charge on any atom is 0.224 e. The van der Waals surface area contributed by atoms with Crippen LogP contribution in [-0.2, 0) is 6.54 Å². The van der Waals surface area contributed by atoms with Crippen LogP contribution in [0.2, 0.25) is 0 Å². The Balaban J connectivity index is 1.87. The fourth-order valence-electron chi connectivity index (χ4n) is 1.60. The van der Waals surface area contributed by atoms with E-state index in [2.05, 4.69) is 47.5 Å². The molecule has 0 unspecified atom stereocenters. The van der Waals surface area contributed by atoms with Gasteiger partial charge in [0.2, 0.25) is 5.95 Å². The van der Waals surface area contributed by atoms with E-state index in [-0.39, 0.29) is 5.95 Å². The lowest BCUT2D eigenvalue weighted by atomic mass is 10.4. The number of hydrogen-bond donors (Lipinski definition) is 3. The molecular formula is C10H9BrN6S. The van der Waals surface area contributed by atoms with Crippen molar-refractivity contribution in [2.75, 3.05) is 11.1 Å². The van der Waals surface area contributed by atoms with Crippen molar-refractivity contribution < 1.29 is 0 Å². The molecule has 3 rings (SSSR count). The number of halogens is 1. The number of H-pyrrole nitrogens is 1. The van der Waals surface area contributed by atoms with Crippen molar-refractivity contribution in [2.24, 2.45) is 0 Å². The van der Waals surface area contributed by atoms with Crippen molar-refractivity contribution in [1.82, 2.24) is 20.2 Å². The van der Waals surface area contributed by atoms with Gasteiger partial charge in [-0.3, -0.25) is 5.10 Å². The quantitative estimate of drug-likeness (QED) is 0.687. The standard InChI is InChI=1S/C10H9BrN6S/c11-7-2-1-5(18-7)3-13-8-6-4-14-17-9(6)16-10(12)15-8/h1-2,4H,3H2,(H4,12,13,14,15,16,17). The van der Waals surface area contributed by atoms with Crippen LogP contribution >= 0.6 is 27.3 Å². The second kappa shape index (κ2) is 4.54. The maximum atomic E-state index is 5.64. The molecule has 18 heavy (non-hydrogen) atoms. The van der Waals surface area contributed by atoms with Gasteiger partial charge in [-0.2, -0.15) is 15.1 Å². The van der Waals surface area contributed by atoms with Crippen molar-refractivity contribution in [1.29, 1.82) is 0 Å². The lowest BCUT2D eigenvalue weighted by Crippen LogP contribution is -2.04. The van der Waals surface area contributed by atoms with E-state index in [1.165, 1.54) is 4.88 Å². The summed E-state index contributed by atoms with van der Waals surface area (Å²) in [6, 6.07) is 4.07. The van der Waals surface area contributed by atoms with Crippen LogP contribution in [0.4, 0.5) is 11.8 Å². The lowest BCUT2D eigenvalue weighted by molar-refractivity contribution is 1.09. The summed E-state index contributed by atoms with van der Waals surface area (Å²) in [4.78, 5) is 9.45. The number of hydrogen-bond acceptors (Lipinski definition) is 6. The SMILES string of the molecule is Nc1nc(NCc2ccc(Br)s2)c2cn[nH]c2n1. The Morgan fingerprint density at radius 1 is 1.39 bits per heavy atom. The maximum absolute atomic E-state index is 5.64. The van der Waals surface area contributed by atoms with Crippen molar-refractivity contribution in [2.45, 2.75) is 6.54 Å². The fraction of sp³-hybridized carbons (Fsp3) is 0.100. The number of nitrogens with two attached hydrogens (primary N) is 1. The van der Waals surface area contributed by atoms with E-state index in [4.69, 9.17) is 5.73 Å². The van der Waals surface area contributed by atoms with Crippen LogP contribution < -0.4 is 11.1 Å². The number of anilines is 2. The van der Waals surface area contributed by atoms with Gasteiger partial charge in [0.05, 0.1) is 21.9 Å². The summed E-state index contributed by atoms with van der Waals surface area (Å²) >= 11 is 5.11. The molecule has 3 aromatic heterocycles. The highest BCUT2D eigenvalue weighted by Gasteiger charge is 2.08. The van der Waals surface area contributed by atoms with E-state index in [1.807, 2.05) is 6.07 Å². The van der Waals surface area contributed by atoms with E-state index < -0.39 is 0 Å². The van der Waals surface area contributed by atoms with Gasteiger partial charge in [0.1, 0.15) is 5.82 Å². The Bertz CT molecular complexity index is 691. The largest absolute Gasteiger partial charge is 0.368 e. The Labute approximate surface area is 115 Å². The highest BCUT2D eigenvalue weighted by atomic mass is 79.9. The molecule has 0 spiro atoms. The molecule has 6 nitrogen and oxygen atoms in total. The second-order valence-electron chi connectivity index (χ2n) is 3.62. The highest BCUT2D eigenvalue weighted by molar-refractivity contribution is 9.11. The summed E-state index contributed by atoms with van der Waals surface area (Å²) in [5, 5.41) is 10.8. The number of aromatic nitrogens is 4. The summed E-state index contributed by atoms with van der Waals surface area (Å²) in [6.45, 7) is 0.688. The first-order chi connectivity index (χ1) is 8.72. The smallest absolute Gasteiger partial charge is 0.224 e. The summed E-state index contributed by atoms with van der Waals surface area (Å²) in [5.41, 5.74) is 6.28. The third-order valence-corrected chi connectivity index (χ3v) is 4.01. The van der Waals surface area contributed by atoms with Crippen molar-refractivity contribution in [3.05, 3.63) is 27.0 Å². The van der Waals surface area contributed by atoms with Gasteiger partial charge >= 0.3 is 0 Å². The molecule has 0 aliphatic carbocycles. The molecule has 0 fully saturated rings. The molecule has 0 saturated heterocycles. The molecule has 8 heteroatoms. The summed E-state index contributed by atoms with van der Waals surface area (Å²) in [7, 11) is 0. The third kappa shape index (κ3) is 2.16. The monoisotopic (exact) mass is 324 g/mol.